The summed E-state index contributed by atoms with van der Waals surface area (Å²) in [6, 6.07) is -2.78. The molecule has 11 N–H and O–H groups in total. The number of nitrogens with zero attached hydrogens (tertiary/aromatic N) is 1. The van der Waals surface area contributed by atoms with Crippen LogP contribution in [0.1, 0.15) is 174 Å². The summed E-state index contributed by atoms with van der Waals surface area (Å²) in [6.07, 6.45) is 23.8. The number of hydrogen-bond donors (Lipinski definition) is 9. The highest BCUT2D eigenvalue weighted by Gasteiger charge is 2.24. The number of likely N-dealkylation sites (N-methyl/N-ethyl adjacent to an activating group) is 1. The first-order valence-electron chi connectivity index (χ1n) is 27.9. The van der Waals surface area contributed by atoms with Crippen LogP contribution >= 0.6 is 0 Å². The summed E-state index contributed by atoms with van der Waals surface area (Å²) in [5, 5.41) is 29.1. The number of nitrogens with two attached hydrogens (primary N) is 2. The fraction of sp³-hybridized carbons (Fsp3) is 0.796. The lowest BCUT2D eigenvalue weighted by Crippen LogP contribution is -2.46. The van der Waals surface area contributed by atoms with Crippen molar-refractivity contribution in [3.63, 3.8) is 0 Å². The molecule has 22 heteroatoms. The Morgan fingerprint density at radius 2 is 1.24 bits per heavy atom. The number of hydrogen-bond acceptors (Lipinski definition) is 16. The van der Waals surface area contributed by atoms with E-state index in [0.29, 0.717) is 97.6 Å². The maximum absolute atomic E-state index is 12.9. The standard InChI is InChI=1S/C29H54N2O7.C25H44N6O7/c1-3-4-5-6-7-8-9-10-11-12-13-14-15-18-27(33)31-26(29(35)36)20-19-25(32)17-16-21-37-22-23-38-24-28(34)30-2;1-2-9-37-10-11-38-16-24(35)29-8-4-3-5-18(23(34)14-30-21(15-32)25(27)36)6-7-22(33)20(26)12-19-13-28-17-31-19/h26H,3-24H2,1-2H3,(H,30,34)(H,31,33)(H,35,36);13,17-18,20-21,30,32H,2-12,14-16,26H2,1H3,(H2,27,36)(H,28,31)(H,29,35)/t26-;18-,20+,21+/m01/s1. The molecule has 1 aromatic heterocycles. The first-order chi connectivity index (χ1) is 36.7. The molecule has 4 atom stereocenters. The zero-order valence-corrected chi connectivity index (χ0v) is 46.3. The Hall–Kier alpha value is -4.71. The van der Waals surface area contributed by atoms with Gasteiger partial charge in [0.2, 0.25) is 23.6 Å². The molecule has 76 heavy (non-hydrogen) atoms. The molecule has 0 aliphatic rings. The number of rotatable bonds is 52. The number of aliphatic hydroxyl groups is 1. The number of aliphatic hydroxyl groups excluding tert-OH is 1. The summed E-state index contributed by atoms with van der Waals surface area (Å²) >= 11 is 0. The average molecular weight is 1080 g/mol. The summed E-state index contributed by atoms with van der Waals surface area (Å²) < 4.78 is 21.0. The Balaban J connectivity index is 0.00000148. The molecule has 0 spiro atoms. The molecule has 1 heterocycles. The van der Waals surface area contributed by atoms with E-state index in [1.807, 2.05) is 6.92 Å². The van der Waals surface area contributed by atoms with Gasteiger partial charge in [-0.2, -0.15) is 0 Å². The highest BCUT2D eigenvalue weighted by atomic mass is 16.5. The molecule has 0 aliphatic heterocycles. The number of nitrogens with one attached hydrogen (secondary N) is 5. The molecule has 0 unspecified atom stereocenters. The Bertz CT molecular complexity index is 1690. The molecule has 0 radical (unpaired) electrons. The lowest BCUT2D eigenvalue weighted by Gasteiger charge is -2.19. The molecule has 438 valence electrons. The van der Waals surface area contributed by atoms with Crippen molar-refractivity contribution in [1.82, 2.24) is 31.2 Å². The number of ketones is 3. The Labute approximate surface area is 452 Å². The number of ether oxygens (including phenoxy) is 4. The van der Waals surface area contributed by atoms with Crippen molar-refractivity contribution < 1.29 is 67.5 Å². The third kappa shape index (κ3) is 42.4. The van der Waals surface area contributed by atoms with Crippen molar-refractivity contribution in [3.05, 3.63) is 18.2 Å². The number of aliphatic carboxylic acids is 1. The molecule has 0 saturated carbocycles. The maximum atomic E-state index is 12.9. The van der Waals surface area contributed by atoms with E-state index in [0.717, 1.165) is 31.4 Å². The van der Waals surface area contributed by atoms with Crippen molar-refractivity contribution in [2.45, 2.75) is 192 Å². The van der Waals surface area contributed by atoms with E-state index in [1.165, 1.54) is 77.6 Å². The monoisotopic (exact) mass is 1080 g/mol. The highest BCUT2D eigenvalue weighted by molar-refractivity contribution is 5.87. The summed E-state index contributed by atoms with van der Waals surface area (Å²) in [6.45, 7) is 6.39. The molecule has 0 aromatic carbocycles. The summed E-state index contributed by atoms with van der Waals surface area (Å²) in [4.78, 5) is 102. The van der Waals surface area contributed by atoms with Gasteiger partial charge in [-0.05, 0) is 44.9 Å². The molecule has 4 amide bonds. The van der Waals surface area contributed by atoms with E-state index >= 15 is 0 Å². The summed E-state index contributed by atoms with van der Waals surface area (Å²) in [7, 11) is 1.53. The molecule has 22 nitrogen and oxygen atoms in total. The van der Waals surface area contributed by atoms with Gasteiger partial charge in [0.05, 0.1) is 51.9 Å². The number of carboxylic acids is 1. The van der Waals surface area contributed by atoms with Crippen LogP contribution in [0, 0.1) is 5.92 Å². The Kier molecular flexibility index (Phi) is 46.7. The van der Waals surface area contributed by atoms with E-state index in [9.17, 15) is 48.6 Å². The lowest BCUT2D eigenvalue weighted by atomic mass is 9.90. The van der Waals surface area contributed by atoms with Crippen LogP contribution in [0.25, 0.3) is 0 Å². The van der Waals surface area contributed by atoms with Gasteiger partial charge in [0.1, 0.15) is 42.6 Å². The van der Waals surface area contributed by atoms with Crippen LogP contribution in [0.5, 0.6) is 0 Å². The number of carboxylic acid groups (broad SMARTS) is 1. The SMILES string of the molecule is CCCCCCCCCCCCCCCC(=O)N[C@@H](CCC(=O)CCCOCCOCC(=O)NC)C(=O)O.CCCOCCOCC(=O)NCCCC[C@H](CCC(=O)[C@@H](N)Cc1cnc[nH]1)C(=O)CN[C@@H](CO)C(N)=O. The van der Waals surface area contributed by atoms with Gasteiger partial charge < -0.3 is 61.6 Å². The highest BCUT2D eigenvalue weighted by Crippen LogP contribution is 2.18. The predicted molar refractivity (Wildman–Crippen MR) is 289 cm³/mol. The number of aromatic amines is 1. The fourth-order valence-electron chi connectivity index (χ4n) is 7.75. The minimum atomic E-state index is -1.11. The maximum Gasteiger partial charge on any atom is 0.326 e. The van der Waals surface area contributed by atoms with Gasteiger partial charge in [-0.1, -0.05) is 97.3 Å². The molecule has 0 fully saturated rings. The van der Waals surface area contributed by atoms with E-state index in [4.69, 9.17) is 30.4 Å². The van der Waals surface area contributed by atoms with Crippen LogP contribution in [0.3, 0.4) is 0 Å². The molecule has 0 bridgehead atoms. The third-order valence-electron chi connectivity index (χ3n) is 12.4. The quantitative estimate of drug-likeness (QED) is 0.0417. The number of unbranched alkanes of at least 4 members (excludes halogenated alkanes) is 13. The van der Waals surface area contributed by atoms with Gasteiger partial charge in [-0.3, -0.25) is 38.9 Å². The number of carbonyl (C=O) groups excluding carboxylic acids is 7. The Morgan fingerprint density at radius 1 is 0.632 bits per heavy atom. The molecular formula is C54H98N8O14. The van der Waals surface area contributed by atoms with Crippen molar-refractivity contribution in [3.8, 4) is 0 Å². The number of aromatic nitrogens is 2. The summed E-state index contributed by atoms with van der Waals surface area (Å²) in [5.41, 5.74) is 12.0. The number of primary amides is 1. The zero-order chi connectivity index (χ0) is 56.4. The van der Waals surface area contributed by atoms with Gasteiger partial charge in [0.25, 0.3) is 0 Å². The van der Waals surface area contributed by atoms with Gasteiger partial charge in [0.15, 0.2) is 0 Å². The number of H-pyrrole nitrogens is 1. The molecule has 0 saturated heterocycles. The lowest BCUT2D eigenvalue weighted by molar-refractivity contribution is -0.142. The van der Waals surface area contributed by atoms with Crippen LogP contribution in [0.2, 0.25) is 0 Å². The predicted octanol–water partition coefficient (Wildman–Crippen LogP) is 3.93. The van der Waals surface area contributed by atoms with Crippen LogP contribution in [0.15, 0.2) is 12.5 Å². The molecule has 1 aromatic rings. The molecular weight excluding hydrogens is 985 g/mol. The fourth-order valence-corrected chi connectivity index (χ4v) is 7.75. The van der Waals surface area contributed by atoms with Gasteiger partial charge in [0, 0.05) is 76.7 Å². The van der Waals surface area contributed by atoms with Crippen LogP contribution in [-0.4, -0.2) is 165 Å². The second kappa shape index (κ2) is 49.8. The Morgan fingerprint density at radius 3 is 1.80 bits per heavy atom. The zero-order valence-electron chi connectivity index (χ0n) is 46.3. The number of carbonyl (C=O) groups is 8. The topological polar surface area (TPSA) is 343 Å². The van der Waals surface area contributed by atoms with Gasteiger partial charge >= 0.3 is 5.97 Å². The largest absolute Gasteiger partial charge is 0.480 e. The van der Waals surface area contributed by atoms with Crippen LogP contribution in [-0.2, 0) is 63.7 Å². The number of amides is 4. The molecule has 0 aliphatic carbocycles. The van der Waals surface area contributed by atoms with Crippen molar-refractivity contribution in [2.24, 2.45) is 17.4 Å². The second-order valence-corrected chi connectivity index (χ2v) is 19.1. The summed E-state index contributed by atoms with van der Waals surface area (Å²) in [5.74, 6) is -3.43. The van der Waals surface area contributed by atoms with E-state index in [-0.39, 0.29) is 74.1 Å². The first kappa shape index (κ1) is 71.3. The van der Waals surface area contributed by atoms with Gasteiger partial charge in [-0.15, -0.1) is 0 Å². The second-order valence-electron chi connectivity index (χ2n) is 19.1. The smallest absolute Gasteiger partial charge is 0.326 e. The first-order valence-corrected chi connectivity index (χ1v) is 27.9. The van der Waals surface area contributed by atoms with E-state index in [1.54, 1.807) is 6.20 Å². The normalized spacial score (nSPS) is 12.6. The van der Waals surface area contributed by atoms with E-state index < -0.39 is 42.5 Å². The average Bonchev–Trinajstić information content (AvgIpc) is 3.92. The number of Topliss-reactive ketones (excluding diaryl/α,β-unsaturated/α-hetero) is 3. The van der Waals surface area contributed by atoms with Crippen molar-refractivity contribution >= 4 is 46.9 Å². The third-order valence-corrected chi connectivity index (χ3v) is 12.4. The van der Waals surface area contributed by atoms with Crippen molar-refractivity contribution in [2.75, 3.05) is 79.6 Å². The van der Waals surface area contributed by atoms with Gasteiger partial charge in [-0.25, -0.2) is 9.78 Å². The number of imidazole rings is 1. The minimum absolute atomic E-state index is 0.0149. The minimum Gasteiger partial charge on any atom is -0.480 e. The van der Waals surface area contributed by atoms with E-state index in [2.05, 4.69) is 38.2 Å². The molecule has 1 rings (SSSR count). The van der Waals surface area contributed by atoms with Crippen molar-refractivity contribution in [1.29, 1.82) is 0 Å². The van der Waals surface area contributed by atoms with Crippen LogP contribution < -0.4 is 32.7 Å². The van der Waals surface area contributed by atoms with Crippen LogP contribution in [0.4, 0.5) is 0 Å².